The average molecular weight is 252 g/mol. The van der Waals surface area contributed by atoms with Crippen molar-refractivity contribution >= 4 is 17.4 Å². The third kappa shape index (κ3) is 2.29. The Labute approximate surface area is 101 Å². The van der Waals surface area contributed by atoms with Gasteiger partial charge < -0.3 is 11.1 Å². The predicted molar refractivity (Wildman–Crippen MR) is 62.0 cm³/mol. The number of hydrogen-bond donors (Lipinski definition) is 3. The zero-order chi connectivity index (χ0) is 13.3. The first-order valence-corrected chi connectivity index (χ1v) is 5.05. The number of carbonyl (C=O) groups excluding carboxylic acids is 1. The lowest BCUT2D eigenvalue weighted by Crippen LogP contribution is -2.14. The van der Waals surface area contributed by atoms with Crippen molar-refractivity contribution in [1.29, 1.82) is 0 Å². The van der Waals surface area contributed by atoms with Crippen molar-refractivity contribution in [3.8, 4) is 0 Å². The van der Waals surface area contributed by atoms with Crippen LogP contribution in [0.1, 0.15) is 16.1 Å². The molecule has 7 heteroatoms. The number of amides is 1. The van der Waals surface area contributed by atoms with Crippen molar-refractivity contribution in [2.75, 3.05) is 11.1 Å². The van der Waals surface area contributed by atoms with Crippen LogP contribution >= 0.6 is 0 Å². The van der Waals surface area contributed by atoms with E-state index in [9.17, 15) is 13.6 Å². The summed E-state index contributed by atoms with van der Waals surface area (Å²) in [7, 11) is 0. The molecule has 1 amide bonds. The topological polar surface area (TPSA) is 83.8 Å². The van der Waals surface area contributed by atoms with Crippen molar-refractivity contribution < 1.29 is 13.6 Å². The molecule has 0 aliphatic heterocycles. The molecule has 18 heavy (non-hydrogen) atoms. The van der Waals surface area contributed by atoms with Gasteiger partial charge in [-0.05, 0) is 18.6 Å². The third-order valence-electron chi connectivity index (χ3n) is 2.34. The summed E-state index contributed by atoms with van der Waals surface area (Å²) in [6, 6.07) is 3.21. The van der Waals surface area contributed by atoms with Gasteiger partial charge in [0.25, 0.3) is 5.91 Å². The summed E-state index contributed by atoms with van der Waals surface area (Å²) < 4.78 is 26.7. The summed E-state index contributed by atoms with van der Waals surface area (Å²) in [5, 5.41) is 8.15. The number of hydrogen-bond acceptors (Lipinski definition) is 3. The van der Waals surface area contributed by atoms with E-state index in [1.165, 1.54) is 13.0 Å². The maximum absolute atomic E-state index is 13.5. The molecular weight excluding hydrogens is 242 g/mol. The van der Waals surface area contributed by atoms with Gasteiger partial charge in [0.15, 0.2) is 0 Å². The number of benzene rings is 1. The van der Waals surface area contributed by atoms with Crippen LogP contribution in [0.15, 0.2) is 18.2 Å². The molecule has 1 heterocycles. The van der Waals surface area contributed by atoms with Gasteiger partial charge in [-0.1, -0.05) is 0 Å². The first-order chi connectivity index (χ1) is 8.47. The molecule has 0 fully saturated rings. The molecule has 0 bridgehead atoms. The van der Waals surface area contributed by atoms with Crippen molar-refractivity contribution in [2.45, 2.75) is 6.92 Å². The van der Waals surface area contributed by atoms with Crippen molar-refractivity contribution in [2.24, 2.45) is 0 Å². The first kappa shape index (κ1) is 12.0. The quantitative estimate of drug-likeness (QED) is 0.762. The lowest BCUT2D eigenvalue weighted by Gasteiger charge is -2.06. The van der Waals surface area contributed by atoms with Crippen molar-refractivity contribution in [1.82, 2.24) is 10.2 Å². The minimum Gasteiger partial charge on any atom is -0.382 e. The molecule has 2 aromatic rings. The summed E-state index contributed by atoms with van der Waals surface area (Å²) in [4.78, 5) is 11.6. The molecule has 5 nitrogen and oxygen atoms in total. The molecule has 1 aromatic carbocycles. The van der Waals surface area contributed by atoms with Crippen molar-refractivity contribution in [3.05, 3.63) is 41.1 Å². The zero-order valence-electron chi connectivity index (χ0n) is 9.42. The summed E-state index contributed by atoms with van der Waals surface area (Å²) in [6.07, 6.45) is 0. The van der Waals surface area contributed by atoms with Gasteiger partial charge in [0.1, 0.15) is 23.1 Å². The molecular formula is C11H10F2N4O. The molecule has 2 rings (SSSR count). The van der Waals surface area contributed by atoms with Crippen LogP contribution < -0.4 is 11.1 Å². The number of anilines is 2. The molecule has 0 spiro atoms. The van der Waals surface area contributed by atoms with E-state index >= 15 is 0 Å². The Morgan fingerprint density at radius 1 is 1.33 bits per heavy atom. The van der Waals surface area contributed by atoms with Crippen LogP contribution in [0.4, 0.5) is 20.3 Å². The molecule has 0 radical (unpaired) electrons. The van der Waals surface area contributed by atoms with E-state index in [2.05, 4.69) is 15.5 Å². The Morgan fingerprint density at radius 2 is 2.06 bits per heavy atom. The Kier molecular flexibility index (Phi) is 2.97. The summed E-state index contributed by atoms with van der Waals surface area (Å²) in [6.45, 7) is 1.43. The highest BCUT2D eigenvalue weighted by molar-refractivity contribution is 6.03. The van der Waals surface area contributed by atoms with E-state index in [0.29, 0.717) is 0 Å². The van der Waals surface area contributed by atoms with Gasteiger partial charge in [-0.15, -0.1) is 0 Å². The molecule has 0 aliphatic rings. The van der Waals surface area contributed by atoms with Gasteiger partial charge in [-0.3, -0.25) is 9.89 Å². The SMILES string of the molecule is Cc1cc(F)c(NC(=O)c2cc(N)n[nH]2)cc1F. The molecule has 0 atom stereocenters. The Balaban J connectivity index is 2.24. The highest BCUT2D eigenvalue weighted by atomic mass is 19.1. The van der Waals surface area contributed by atoms with Gasteiger partial charge in [0, 0.05) is 12.1 Å². The van der Waals surface area contributed by atoms with E-state index in [-0.39, 0.29) is 22.8 Å². The number of rotatable bonds is 2. The summed E-state index contributed by atoms with van der Waals surface area (Å²) >= 11 is 0. The molecule has 4 N–H and O–H groups in total. The maximum atomic E-state index is 13.5. The average Bonchev–Trinajstić information content (AvgIpc) is 2.73. The first-order valence-electron chi connectivity index (χ1n) is 5.05. The highest BCUT2D eigenvalue weighted by Crippen LogP contribution is 2.19. The van der Waals surface area contributed by atoms with Crippen LogP contribution in [0.3, 0.4) is 0 Å². The van der Waals surface area contributed by atoms with Gasteiger partial charge in [-0.25, -0.2) is 8.78 Å². The van der Waals surface area contributed by atoms with Gasteiger partial charge >= 0.3 is 0 Å². The number of H-pyrrole nitrogens is 1. The monoisotopic (exact) mass is 252 g/mol. The molecule has 1 aromatic heterocycles. The highest BCUT2D eigenvalue weighted by Gasteiger charge is 2.13. The standard InChI is InChI=1S/C11H10F2N4O/c1-5-2-7(13)8(3-6(5)12)15-11(18)9-4-10(14)17-16-9/h2-4H,1H3,(H,15,18)(H3,14,16,17). The second kappa shape index (κ2) is 4.44. The van der Waals surface area contributed by atoms with Crippen LogP contribution in [-0.4, -0.2) is 16.1 Å². The molecule has 0 aliphatic carbocycles. The summed E-state index contributed by atoms with van der Waals surface area (Å²) in [5.41, 5.74) is 5.31. The minimum atomic E-state index is -0.713. The van der Waals surface area contributed by atoms with E-state index in [4.69, 9.17) is 5.73 Å². The van der Waals surface area contributed by atoms with E-state index in [1.807, 2.05) is 0 Å². The smallest absolute Gasteiger partial charge is 0.273 e. The number of aryl methyl sites for hydroxylation is 1. The van der Waals surface area contributed by atoms with Crippen LogP contribution in [0.2, 0.25) is 0 Å². The molecule has 94 valence electrons. The van der Waals surface area contributed by atoms with Crippen LogP contribution in [0.5, 0.6) is 0 Å². The van der Waals surface area contributed by atoms with Gasteiger partial charge in [0.05, 0.1) is 5.69 Å². The number of nitrogens with two attached hydrogens (primary N) is 1. The second-order valence-electron chi connectivity index (χ2n) is 3.74. The van der Waals surface area contributed by atoms with E-state index in [1.54, 1.807) is 0 Å². The Bertz CT molecular complexity index is 609. The zero-order valence-corrected chi connectivity index (χ0v) is 9.42. The Hall–Kier alpha value is -2.44. The summed E-state index contributed by atoms with van der Waals surface area (Å²) in [5.74, 6) is -1.83. The van der Waals surface area contributed by atoms with Crippen LogP contribution in [0.25, 0.3) is 0 Å². The molecule has 0 saturated heterocycles. The lowest BCUT2D eigenvalue weighted by molar-refractivity contribution is 0.102. The number of halogens is 2. The van der Waals surface area contributed by atoms with Crippen LogP contribution in [-0.2, 0) is 0 Å². The normalized spacial score (nSPS) is 10.4. The fraction of sp³-hybridized carbons (Fsp3) is 0.0909. The number of nitrogens with one attached hydrogen (secondary N) is 2. The predicted octanol–water partition coefficient (Wildman–Crippen LogP) is 1.83. The fourth-order valence-corrected chi connectivity index (χ4v) is 1.39. The molecule has 0 saturated carbocycles. The minimum absolute atomic E-state index is 0.0629. The number of carbonyl (C=O) groups is 1. The number of nitrogen functional groups attached to an aromatic ring is 1. The largest absolute Gasteiger partial charge is 0.382 e. The van der Waals surface area contributed by atoms with Gasteiger partial charge in [0.2, 0.25) is 0 Å². The number of aromatic nitrogens is 2. The maximum Gasteiger partial charge on any atom is 0.273 e. The van der Waals surface area contributed by atoms with Crippen LogP contribution in [0, 0.1) is 18.6 Å². The third-order valence-corrected chi connectivity index (χ3v) is 2.34. The van der Waals surface area contributed by atoms with E-state index in [0.717, 1.165) is 12.1 Å². The number of aromatic amines is 1. The van der Waals surface area contributed by atoms with Gasteiger partial charge in [-0.2, -0.15) is 5.10 Å². The molecule has 0 unspecified atom stereocenters. The Morgan fingerprint density at radius 3 is 2.67 bits per heavy atom. The fourth-order valence-electron chi connectivity index (χ4n) is 1.39. The van der Waals surface area contributed by atoms with E-state index < -0.39 is 17.5 Å². The van der Waals surface area contributed by atoms with Crippen molar-refractivity contribution in [3.63, 3.8) is 0 Å². The second-order valence-corrected chi connectivity index (χ2v) is 3.74. The lowest BCUT2D eigenvalue weighted by atomic mass is 10.2. The number of nitrogens with zero attached hydrogens (tertiary/aromatic N) is 1.